The van der Waals surface area contributed by atoms with E-state index in [1.807, 2.05) is 32.5 Å². The lowest BCUT2D eigenvalue weighted by molar-refractivity contribution is -0.119. The van der Waals surface area contributed by atoms with Gasteiger partial charge in [-0.05, 0) is 77.7 Å². The Bertz CT molecular complexity index is 1370. The summed E-state index contributed by atoms with van der Waals surface area (Å²) in [6.07, 6.45) is 6.10. The van der Waals surface area contributed by atoms with Gasteiger partial charge in [-0.1, -0.05) is 0 Å². The number of carbonyl (C=O) groups is 1. The maximum atomic E-state index is 12.6. The maximum absolute atomic E-state index is 12.6. The molecule has 0 bridgehead atoms. The minimum atomic E-state index is -0.647. The number of nitrogens with zero attached hydrogens (tertiary/aromatic N) is 7. The first kappa shape index (κ1) is 25.7. The van der Waals surface area contributed by atoms with Crippen LogP contribution in [0.4, 0.5) is 17.3 Å². The van der Waals surface area contributed by atoms with Gasteiger partial charge in [0.1, 0.15) is 18.0 Å². The molecule has 0 aromatic carbocycles. The van der Waals surface area contributed by atoms with Crippen LogP contribution in [0.1, 0.15) is 62.4 Å². The van der Waals surface area contributed by atoms with Crippen LogP contribution in [0.2, 0.25) is 0 Å². The molecule has 3 aliphatic rings. The summed E-state index contributed by atoms with van der Waals surface area (Å²) < 4.78 is 1.91. The van der Waals surface area contributed by atoms with E-state index in [-0.39, 0.29) is 5.91 Å². The van der Waals surface area contributed by atoms with E-state index in [0.29, 0.717) is 11.7 Å². The van der Waals surface area contributed by atoms with E-state index >= 15 is 0 Å². The Labute approximate surface area is 230 Å². The van der Waals surface area contributed by atoms with E-state index < -0.39 is 5.41 Å². The summed E-state index contributed by atoms with van der Waals surface area (Å²) in [6.45, 7) is 12.0. The van der Waals surface area contributed by atoms with E-state index in [2.05, 4.69) is 53.7 Å². The van der Waals surface area contributed by atoms with Gasteiger partial charge in [-0.25, -0.2) is 15.0 Å². The third kappa shape index (κ3) is 4.86. The number of pyridine rings is 1. The lowest BCUT2D eigenvalue weighted by Crippen LogP contribution is -2.36. The second-order valence-electron chi connectivity index (χ2n) is 11.7. The number of amides is 1. The molecule has 0 saturated carbocycles. The smallest absolute Gasteiger partial charge is 0.235 e. The molecule has 0 aliphatic carbocycles. The van der Waals surface area contributed by atoms with Gasteiger partial charge in [0.15, 0.2) is 0 Å². The zero-order chi connectivity index (χ0) is 27.1. The van der Waals surface area contributed by atoms with Gasteiger partial charge in [0.2, 0.25) is 5.91 Å². The number of aromatic nitrogens is 5. The monoisotopic (exact) mass is 529 g/mol. The molecule has 3 aromatic heterocycles. The summed E-state index contributed by atoms with van der Waals surface area (Å²) in [5.74, 6) is 1.82. The molecule has 10 heteroatoms. The van der Waals surface area contributed by atoms with Gasteiger partial charge in [0.05, 0.1) is 39.4 Å². The van der Waals surface area contributed by atoms with Crippen LogP contribution in [0.5, 0.6) is 0 Å². The number of hydrogen-bond acceptors (Lipinski definition) is 8. The number of likely N-dealkylation sites (tertiary alicyclic amines) is 1. The molecule has 2 N–H and O–H groups in total. The second kappa shape index (κ2) is 10.2. The fourth-order valence-corrected chi connectivity index (χ4v) is 6.31. The van der Waals surface area contributed by atoms with Crippen molar-refractivity contribution in [2.24, 2.45) is 7.05 Å². The predicted molar refractivity (Wildman–Crippen MR) is 153 cm³/mol. The fraction of sp³-hybridized carbons (Fsp3) is 0.552. The summed E-state index contributed by atoms with van der Waals surface area (Å²) in [4.78, 5) is 31.7. The van der Waals surface area contributed by atoms with Crippen LogP contribution < -0.4 is 15.5 Å². The summed E-state index contributed by atoms with van der Waals surface area (Å²) >= 11 is 0. The summed E-state index contributed by atoms with van der Waals surface area (Å²) in [5.41, 5.74) is 5.51. The number of hydrogen-bond donors (Lipinski definition) is 2. The van der Waals surface area contributed by atoms with E-state index in [9.17, 15) is 4.79 Å². The number of fused-ring (bicyclic) bond motifs is 1. The number of aryl methyl sites for hydroxylation is 2. The molecule has 206 valence electrons. The molecule has 10 nitrogen and oxygen atoms in total. The van der Waals surface area contributed by atoms with Crippen LogP contribution in [0, 0.1) is 6.92 Å². The van der Waals surface area contributed by atoms with E-state index in [0.717, 1.165) is 78.9 Å². The Hall–Kier alpha value is -3.53. The molecule has 3 aliphatic heterocycles. The third-order valence-corrected chi connectivity index (χ3v) is 8.56. The average Bonchev–Trinajstić information content (AvgIpc) is 3.62. The number of carbonyl (C=O) groups excluding carboxylic acids is 1. The molecule has 0 spiro atoms. The van der Waals surface area contributed by atoms with Crippen molar-refractivity contribution in [2.75, 3.05) is 54.8 Å². The maximum Gasteiger partial charge on any atom is 0.235 e. The van der Waals surface area contributed by atoms with Crippen molar-refractivity contribution in [3.8, 4) is 11.4 Å². The van der Waals surface area contributed by atoms with E-state index in [1.165, 1.54) is 25.9 Å². The van der Waals surface area contributed by atoms with Crippen LogP contribution in [-0.2, 0) is 17.3 Å². The molecule has 39 heavy (non-hydrogen) atoms. The number of nitrogens with one attached hydrogen (secondary N) is 2. The molecular formula is C29H39N9O. The van der Waals surface area contributed by atoms with Gasteiger partial charge in [0.25, 0.3) is 0 Å². The number of piperidine rings is 1. The first-order chi connectivity index (χ1) is 18.8. The molecule has 0 atom stereocenters. The van der Waals surface area contributed by atoms with Gasteiger partial charge in [0, 0.05) is 39.1 Å². The van der Waals surface area contributed by atoms with Crippen molar-refractivity contribution in [3.63, 3.8) is 0 Å². The zero-order valence-corrected chi connectivity index (χ0v) is 23.5. The van der Waals surface area contributed by atoms with Crippen LogP contribution in [0.15, 0.2) is 24.5 Å². The predicted octanol–water partition coefficient (Wildman–Crippen LogP) is 3.70. The summed E-state index contributed by atoms with van der Waals surface area (Å²) in [7, 11) is 1.98. The highest BCUT2D eigenvalue weighted by Crippen LogP contribution is 2.43. The van der Waals surface area contributed by atoms with Crippen molar-refractivity contribution in [1.29, 1.82) is 0 Å². The Morgan fingerprint density at radius 1 is 1.10 bits per heavy atom. The molecular weight excluding hydrogens is 490 g/mol. The largest absolute Gasteiger partial charge is 0.382 e. The van der Waals surface area contributed by atoms with Crippen LogP contribution >= 0.6 is 0 Å². The topological polar surface area (TPSA) is 104 Å². The molecule has 0 radical (unpaired) electrons. The molecule has 2 fully saturated rings. The van der Waals surface area contributed by atoms with Gasteiger partial charge >= 0.3 is 0 Å². The van der Waals surface area contributed by atoms with Gasteiger partial charge in [-0.2, -0.15) is 5.10 Å². The number of rotatable bonds is 7. The minimum absolute atomic E-state index is 0.0230. The van der Waals surface area contributed by atoms with Crippen molar-refractivity contribution < 1.29 is 4.79 Å². The Balaban J connectivity index is 1.24. The lowest BCUT2D eigenvalue weighted by Gasteiger charge is -2.35. The fourth-order valence-electron chi connectivity index (χ4n) is 6.31. The first-order valence-electron chi connectivity index (χ1n) is 14.2. The third-order valence-electron chi connectivity index (χ3n) is 8.56. The highest BCUT2D eigenvalue weighted by molar-refractivity contribution is 6.06. The van der Waals surface area contributed by atoms with E-state index in [1.54, 1.807) is 6.33 Å². The van der Waals surface area contributed by atoms with Crippen molar-refractivity contribution in [1.82, 2.24) is 29.6 Å². The van der Waals surface area contributed by atoms with Gasteiger partial charge < -0.3 is 20.4 Å². The van der Waals surface area contributed by atoms with E-state index in [4.69, 9.17) is 4.98 Å². The highest BCUT2D eigenvalue weighted by Gasteiger charge is 2.43. The molecule has 0 unspecified atom stereocenters. The average molecular weight is 530 g/mol. The van der Waals surface area contributed by atoms with Crippen molar-refractivity contribution >= 4 is 23.2 Å². The molecule has 1 amide bonds. The quantitative estimate of drug-likeness (QED) is 0.478. The second-order valence-corrected chi connectivity index (χ2v) is 11.7. The van der Waals surface area contributed by atoms with Crippen molar-refractivity contribution in [3.05, 3.63) is 41.5 Å². The Morgan fingerprint density at radius 2 is 1.87 bits per heavy atom. The minimum Gasteiger partial charge on any atom is -0.382 e. The van der Waals surface area contributed by atoms with Gasteiger partial charge in [-0.3, -0.25) is 9.48 Å². The standard InChI is InChI=1S/C29H39N9O/c1-19-17-23(36(4)35-19)21-7-8-22(30-11-16-37-12-5-6-13-37)25(33-21)20-9-14-38(15-10-20)27-24-26(31-18-32-27)34-28(39)29(24,2)3/h7-8,17-18,20,30H,5-6,9-16H2,1-4H3,(H,31,32,34,39). The zero-order valence-electron chi connectivity index (χ0n) is 23.5. The molecule has 6 heterocycles. The van der Waals surface area contributed by atoms with Gasteiger partial charge in [-0.15, -0.1) is 0 Å². The number of anilines is 3. The Morgan fingerprint density at radius 3 is 2.59 bits per heavy atom. The summed E-state index contributed by atoms with van der Waals surface area (Å²) in [6, 6.07) is 6.42. The van der Waals surface area contributed by atoms with Crippen molar-refractivity contribution in [2.45, 2.75) is 57.8 Å². The SMILES string of the molecule is Cc1cc(-c2ccc(NCCN3CCCC3)c(C3CCN(c4ncnc5c4C(C)(C)C(=O)N5)CC3)n2)n(C)n1. The highest BCUT2D eigenvalue weighted by atomic mass is 16.2. The molecule has 6 rings (SSSR count). The lowest BCUT2D eigenvalue weighted by atomic mass is 9.86. The molecule has 2 saturated heterocycles. The summed E-state index contributed by atoms with van der Waals surface area (Å²) in [5, 5.41) is 11.2. The first-order valence-corrected chi connectivity index (χ1v) is 14.2. The normalized spacial score (nSPS) is 19.4. The van der Waals surface area contributed by atoms with Crippen LogP contribution in [-0.4, -0.2) is 74.8 Å². The molecule has 3 aromatic rings. The Kier molecular flexibility index (Phi) is 6.74. The van der Waals surface area contributed by atoms with Crippen LogP contribution in [0.25, 0.3) is 11.4 Å². The van der Waals surface area contributed by atoms with Crippen LogP contribution in [0.3, 0.4) is 0 Å².